The van der Waals surface area contributed by atoms with Crippen molar-refractivity contribution >= 4 is 11.6 Å². The molecule has 2 heterocycles. The van der Waals surface area contributed by atoms with E-state index in [2.05, 4.69) is 9.97 Å². The molecule has 2 aromatic heterocycles. The van der Waals surface area contributed by atoms with E-state index in [1.54, 1.807) is 34.2 Å². The average molecular weight is 248 g/mol. The maximum Gasteiger partial charge on any atom is 0.179 e. The molecular formula is C12H16N4O2. The van der Waals surface area contributed by atoms with Gasteiger partial charge in [-0.1, -0.05) is 0 Å². The highest BCUT2D eigenvalue weighted by atomic mass is 16.1. The lowest BCUT2D eigenvalue weighted by Crippen LogP contribution is -1.90. The van der Waals surface area contributed by atoms with Gasteiger partial charge in [-0.25, -0.2) is 9.97 Å². The van der Waals surface area contributed by atoms with Crippen molar-refractivity contribution in [1.29, 1.82) is 0 Å². The van der Waals surface area contributed by atoms with Crippen LogP contribution in [0.3, 0.4) is 0 Å². The first-order chi connectivity index (χ1) is 8.40. The highest BCUT2D eigenvalue weighted by Crippen LogP contribution is 1.93. The van der Waals surface area contributed by atoms with Gasteiger partial charge in [-0.3, -0.25) is 9.59 Å². The van der Waals surface area contributed by atoms with Crippen molar-refractivity contribution in [3.63, 3.8) is 0 Å². The van der Waals surface area contributed by atoms with Gasteiger partial charge in [-0.05, 0) is 0 Å². The van der Waals surface area contributed by atoms with Crippen LogP contribution in [0.4, 0.5) is 0 Å². The van der Waals surface area contributed by atoms with Gasteiger partial charge in [0.15, 0.2) is 11.6 Å². The Morgan fingerprint density at radius 3 is 1.33 bits per heavy atom. The average Bonchev–Trinajstić information content (AvgIpc) is 2.88. The number of imidazole rings is 2. The number of nitrogens with zero attached hydrogens (tertiary/aromatic N) is 4. The van der Waals surface area contributed by atoms with Gasteiger partial charge in [0.05, 0.1) is 12.7 Å². The predicted octanol–water partition coefficient (Wildman–Crippen LogP) is 1.25. The molecule has 0 saturated carbocycles. The summed E-state index contributed by atoms with van der Waals surface area (Å²) in [5.74, 6) is 0.0196. The van der Waals surface area contributed by atoms with Gasteiger partial charge in [-0.2, -0.15) is 0 Å². The van der Waals surface area contributed by atoms with Gasteiger partial charge >= 0.3 is 0 Å². The minimum Gasteiger partial charge on any atom is -0.340 e. The summed E-state index contributed by atoms with van der Waals surface area (Å²) in [5, 5.41) is 0. The van der Waals surface area contributed by atoms with E-state index in [4.69, 9.17) is 0 Å². The summed E-state index contributed by atoms with van der Waals surface area (Å²) in [6, 6.07) is 0. The second-order valence-corrected chi connectivity index (χ2v) is 3.96. The summed E-state index contributed by atoms with van der Waals surface area (Å²) in [6.07, 6.45) is 6.61. The Hall–Kier alpha value is -2.24. The fraction of sp³-hybridized carbons (Fsp3) is 0.333. The summed E-state index contributed by atoms with van der Waals surface area (Å²) < 4.78 is 3.49. The highest BCUT2D eigenvalue weighted by Gasteiger charge is 2.00. The number of aryl methyl sites for hydroxylation is 2. The molecule has 0 aliphatic carbocycles. The molecule has 0 aliphatic heterocycles. The van der Waals surface area contributed by atoms with Crippen LogP contribution in [0.1, 0.15) is 34.8 Å². The number of aromatic nitrogens is 4. The van der Waals surface area contributed by atoms with Crippen molar-refractivity contribution in [3.05, 3.63) is 36.4 Å². The first-order valence-corrected chi connectivity index (χ1v) is 5.38. The maximum absolute atomic E-state index is 10.6. The third kappa shape index (κ3) is 3.97. The topological polar surface area (TPSA) is 69.8 Å². The first-order valence-electron chi connectivity index (χ1n) is 5.38. The molecule has 0 bridgehead atoms. The van der Waals surface area contributed by atoms with Crippen LogP contribution in [0, 0.1) is 0 Å². The summed E-state index contributed by atoms with van der Waals surface area (Å²) in [7, 11) is 3.67. The minimum absolute atomic E-state index is 0.00981. The lowest BCUT2D eigenvalue weighted by Gasteiger charge is -1.81. The van der Waals surface area contributed by atoms with E-state index in [1.165, 1.54) is 13.8 Å². The number of ketones is 2. The van der Waals surface area contributed by atoms with Gasteiger partial charge in [0.25, 0.3) is 0 Å². The fourth-order valence-electron chi connectivity index (χ4n) is 1.19. The van der Waals surface area contributed by atoms with E-state index < -0.39 is 0 Å². The summed E-state index contributed by atoms with van der Waals surface area (Å²) in [6.45, 7) is 3.00. The number of hydrogen-bond acceptors (Lipinski definition) is 4. The van der Waals surface area contributed by atoms with Crippen molar-refractivity contribution in [3.8, 4) is 0 Å². The molecule has 2 rings (SSSR count). The molecule has 0 aromatic carbocycles. The first kappa shape index (κ1) is 13.8. The van der Waals surface area contributed by atoms with Gasteiger partial charge in [0, 0.05) is 40.3 Å². The molecule has 96 valence electrons. The molecule has 18 heavy (non-hydrogen) atoms. The third-order valence-electron chi connectivity index (χ3n) is 2.13. The molecule has 0 radical (unpaired) electrons. The largest absolute Gasteiger partial charge is 0.340 e. The van der Waals surface area contributed by atoms with Crippen LogP contribution >= 0.6 is 0 Å². The van der Waals surface area contributed by atoms with Crippen LogP contribution < -0.4 is 0 Å². The van der Waals surface area contributed by atoms with Gasteiger partial charge in [-0.15, -0.1) is 0 Å². The van der Waals surface area contributed by atoms with Crippen molar-refractivity contribution in [2.24, 2.45) is 14.1 Å². The molecule has 6 heteroatoms. The van der Waals surface area contributed by atoms with Crippen molar-refractivity contribution in [1.82, 2.24) is 19.1 Å². The van der Waals surface area contributed by atoms with E-state index >= 15 is 0 Å². The van der Waals surface area contributed by atoms with Gasteiger partial charge < -0.3 is 9.13 Å². The smallest absolute Gasteiger partial charge is 0.179 e. The van der Waals surface area contributed by atoms with Crippen molar-refractivity contribution < 1.29 is 9.59 Å². The number of carbonyl (C=O) groups excluding carboxylic acids is 2. The molecule has 6 nitrogen and oxygen atoms in total. The van der Waals surface area contributed by atoms with E-state index in [9.17, 15) is 9.59 Å². The van der Waals surface area contributed by atoms with Crippen LogP contribution in [0.2, 0.25) is 0 Å². The zero-order chi connectivity index (χ0) is 13.7. The Morgan fingerprint density at radius 2 is 1.22 bits per heavy atom. The minimum atomic E-state index is 0.00981. The fourth-order valence-corrected chi connectivity index (χ4v) is 1.19. The SMILES string of the molecule is CC(=O)c1cn(C)cn1.CC(=O)c1cn(C)cn1. The molecular weight excluding hydrogens is 232 g/mol. The molecule has 0 aliphatic rings. The molecule has 0 spiro atoms. The number of Topliss-reactive ketones (excluding diaryl/α,β-unsaturated/α-hetero) is 2. The van der Waals surface area contributed by atoms with Gasteiger partial charge in [0.1, 0.15) is 11.4 Å². The van der Waals surface area contributed by atoms with Crippen molar-refractivity contribution in [2.45, 2.75) is 13.8 Å². The quantitative estimate of drug-likeness (QED) is 0.750. The summed E-state index contributed by atoms with van der Waals surface area (Å²) in [5.41, 5.74) is 1.05. The molecule has 2 aromatic rings. The molecule has 0 fully saturated rings. The Morgan fingerprint density at radius 1 is 0.889 bits per heavy atom. The zero-order valence-electron chi connectivity index (χ0n) is 10.9. The zero-order valence-corrected chi connectivity index (χ0v) is 10.9. The Balaban J connectivity index is 0.000000180. The number of rotatable bonds is 2. The summed E-state index contributed by atoms with van der Waals surface area (Å²) in [4.78, 5) is 28.8. The lowest BCUT2D eigenvalue weighted by atomic mass is 10.3. The van der Waals surface area contributed by atoms with E-state index in [1.807, 2.05) is 14.1 Å². The second kappa shape index (κ2) is 5.90. The standard InChI is InChI=1S/2C6H8N2O/c2*1-5(9)6-3-8(2)4-7-6/h2*3-4H,1-2H3. The van der Waals surface area contributed by atoms with Crippen LogP contribution in [-0.2, 0) is 14.1 Å². The third-order valence-corrected chi connectivity index (χ3v) is 2.13. The monoisotopic (exact) mass is 248 g/mol. The van der Waals surface area contributed by atoms with E-state index in [-0.39, 0.29) is 11.6 Å². The molecule has 0 unspecified atom stereocenters. The van der Waals surface area contributed by atoms with Crippen molar-refractivity contribution in [2.75, 3.05) is 0 Å². The number of carbonyl (C=O) groups is 2. The Labute approximate surface area is 105 Å². The second-order valence-electron chi connectivity index (χ2n) is 3.96. The van der Waals surface area contributed by atoms with Crippen LogP contribution in [-0.4, -0.2) is 30.7 Å². The molecule has 0 saturated heterocycles. The molecule has 0 N–H and O–H groups in total. The Kier molecular flexibility index (Phi) is 4.53. The van der Waals surface area contributed by atoms with E-state index in [0.29, 0.717) is 11.4 Å². The normalized spacial score (nSPS) is 9.56. The van der Waals surface area contributed by atoms with Crippen LogP contribution in [0.15, 0.2) is 25.0 Å². The number of hydrogen-bond donors (Lipinski definition) is 0. The lowest BCUT2D eigenvalue weighted by molar-refractivity contribution is 0.100. The predicted molar refractivity (Wildman–Crippen MR) is 66.4 cm³/mol. The van der Waals surface area contributed by atoms with Gasteiger partial charge in [0.2, 0.25) is 0 Å². The summed E-state index contributed by atoms with van der Waals surface area (Å²) >= 11 is 0. The highest BCUT2D eigenvalue weighted by molar-refractivity contribution is 5.92. The molecule has 0 amide bonds. The Bertz CT molecular complexity index is 504. The van der Waals surface area contributed by atoms with Crippen LogP contribution in [0.25, 0.3) is 0 Å². The van der Waals surface area contributed by atoms with Crippen LogP contribution in [0.5, 0.6) is 0 Å². The molecule has 0 atom stereocenters. The van der Waals surface area contributed by atoms with E-state index in [0.717, 1.165) is 0 Å². The maximum atomic E-state index is 10.6.